The molecule has 3 rings (SSSR count). The van der Waals surface area contributed by atoms with Crippen molar-refractivity contribution in [2.45, 2.75) is 39.2 Å². The molecule has 0 aliphatic heterocycles. The van der Waals surface area contributed by atoms with Gasteiger partial charge in [-0.3, -0.25) is 4.79 Å². The first kappa shape index (κ1) is 19.7. The van der Waals surface area contributed by atoms with E-state index in [1.165, 1.54) is 0 Å². The lowest BCUT2D eigenvalue weighted by atomic mass is 10.0. The van der Waals surface area contributed by atoms with Gasteiger partial charge in [-0.25, -0.2) is 4.79 Å². The molecule has 0 bridgehead atoms. The second-order valence-corrected chi connectivity index (χ2v) is 6.98. The van der Waals surface area contributed by atoms with Gasteiger partial charge < -0.3 is 15.0 Å². The molecule has 1 aromatic heterocycles. The van der Waals surface area contributed by atoms with Crippen molar-refractivity contribution in [1.82, 2.24) is 10.3 Å². The predicted molar refractivity (Wildman–Crippen MR) is 110 cm³/mol. The van der Waals surface area contributed by atoms with Crippen LogP contribution in [0.25, 0.3) is 10.9 Å². The average Bonchev–Trinajstić information content (AvgIpc) is 3.11. The quantitative estimate of drug-likeness (QED) is 0.457. The molecule has 0 aliphatic rings. The van der Waals surface area contributed by atoms with Gasteiger partial charge in [0.05, 0.1) is 6.61 Å². The number of hydrogen-bond donors (Lipinski definition) is 2. The molecule has 1 atom stereocenters. The molecule has 0 fully saturated rings. The second-order valence-electron chi connectivity index (χ2n) is 6.98. The van der Waals surface area contributed by atoms with Crippen molar-refractivity contribution in [3.63, 3.8) is 0 Å². The molecule has 2 aromatic carbocycles. The number of amides is 1. The Morgan fingerprint density at radius 3 is 2.61 bits per heavy atom. The number of para-hydroxylation sites is 1. The van der Waals surface area contributed by atoms with E-state index in [-0.39, 0.29) is 5.91 Å². The van der Waals surface area contributed by atoms with Gasteiger partial charge in [0.2, 0.25) is 0 Å². The summed E-state index contributed by atoms with van der Waals surface area (Å²) in [6.07, 6.45) is 4.00. The third-order valence-electron chi connectivity index (χ3n) is 4.74. The fraction of sp³-hybridized carbons (Fsp3) is 0.304. The number of aryl methyl sites for hydroxylation is 1. The third-order valence-corrected chi connectivity index (χ3v) is 4.74. The Labute approximate surface area is 165 Å². The normalized spacial score (nSPS) is 11.9. The summed E-state index contributed by atoms with van der Waals surface area (Å²) in [6, 6.07) is 14.4. The van der Waals surface area contributed by atoms with E-state index in [9.17, 15) is 9.59 Å². The Bertz CT molecular complexity index is 944. The van der Waals surface area contributed by atoms with Crippen LogP contribution in [0.4, 0.5) is 0 Å². The van der Waals surface area contributed by atoms with Gasteiger partial charge in [0.1, 0.15) is 6.04 Å². The number of H-pyrrole nitrogens is 1. The van der Waals surface area contributed by atoms with E-state index < -0.39 is 12.0 Å². The molecular formula is C23H26N2O3. The van der Waals surface area contributed by atoms with E-state index in [1.807, 2.05) is 56.4 Å². The fourth-order valence-electron chi connectivity index (χ4n) is 3.08. The Morgan fingerprint density at radius 2 is 1.86 bits per heavy atom. The molecule has 1 amide bonds. The van der Waals surface area contributed by atoms with Crippen LogP contribution in [-0.4, -0.2) is 29.5 Å². The van der Waals surface area contributed by atoms with E-state index in [1.54, 1.807) is 12.1 Å². The summed E-state index contributed by atoms with van der Waals surface area (Å²) in [7, 11) is 0. The van der Waals surface area contributed by atoms with Crippen molar-refractivity contribution in [3.05, 3.63) is 71.4 Å². The molecule has 0 radical (unpaired) electrons. The maximum atomic E-state index is 12.7. The molecular weight excluding hydrogens is 352 g/mol. The third kappa shape index (κ3) is 4.80. The monoisotopic (exact) mass is 378 g/mol. The first-order chi connectivity index (χ1) is 13.6. The summed E-state index contributed by atoms with van der Waals surface area (Å²) in [5.41, 5.74) is 3.57. The molecule has 0 aliphatic carbocycles. The lowest BCUT2D eigenvalue weighted by molar-refractivity contribution is -0.146. The average molecular weight is 378 g/mol. The van der Waals surface area contributed by atoms with Gasteiger partial charge in [0.25, 0.3) is 5.91 Å². The van der Waals surface area contributed by atoms with E-state index in [2.05, 4.69) is 10.3 Å². The highest BCUT2D eigenvalue weighted by Crippen LogP contribution is 2.19. The van der Waals surface area contributed by atoms with Crippen molar-refractivity contribution in [2.75, 3.05) is 6.61 Å². The topological polar surface area (TPSA) is 71.2 Å². The molecule has 5 nitrogen and oxygen atoms in total. The van der Waals surface area contributed by atoms with Crippen molar-refractivity contribution in [3.8, 4) is 0 Å². The lowest BCUT2D eigenvalue weighted by Crippen LogP contribution is -2.43. The van der Waals surface area contributed by atoms with Crippen LogP contribution in [0.5, 0.6) is 0 Å². The van der Waals surface area contributed by atoms with Crippen molar-refractivity contribution in [1.29, 1.82) is 0 Å². The zero-order valence-electron chi connectivity index (χ0n) is 16.3. The predicted octanol–water partition coefficient (Wildman–Crippen LogP) is 4.16. The number of carbonyl (C=O) groups is 2. The Hall–Kier alpha value is -3.08. The van der Waals surface area contributed by atoms with E-state index in [0.717, 1.165) is 34.9 Å². The first-order valence-corrected chi connectivity index (χ1v) is 9.67. The number of unbranched alkanes of at least 4 members (excludes halogenated alkanes) is 1. The maximum absolute atomic E-state index is 12.7. The minimum Gasteiger partial charge on any atom is -0.464 e. The van der Waals surface area contributed by atoms with Crippen molar-refractivity contribution < 1.29 is 14.3 Å². The minimum absolute atomic E-state index is 0.280. The molecule has 3 aromatic rings. The first-order valence-electron chi connectivity index (χ1n) is 9.67. The number of esters is 1. The summed E-state index contributed by atoms with van der Waals surface area (Å²) in [4.78, 5) is 28.5. The van der Waals surface area contributed by atoms with Gasteiger partial charge in [-0.15, -0.1) is 0 Å². The van der Waals surface area contributed by atoms with Gasteiger partial charge in [0.15, 0.2) is 0 Å². The number of benzene rings is 2. The van der Waals surface area contributed by atoms with Crippen molar-refractivity contribution in [2.24, 2.45) is 0 Å². The van der Waals surface area contributed by atoms with E-state index >= 15 is 0 Å². The Balaban J connectivity index is 1.79. The number of carbonyl (C=O) groups excluding carboxylic acids is 2. The Kier molecular flexibility index (Phi) is 6.48. The van der Waals surface area contributed by atoms with Crippen LogP contribution < -0.4 is 5.32 Å². The molecule has 0 saturated heterocycles. The number of ether oxygens (including phenoxy) is 1. The number of fused-ring (bicyclic) bond motifs is 1. The molecule has 5 heteroatoms. The number of nitrogens with one attached hydrogen (secondary N) is 2. The zero-order chi connectivity index (χ0) is 19.9. The molecule has 2 N–H and O–H groups in total. The van der Waals surface area contributed by atoms with Gasteiger partial charge in [-0.2, -0.15) is 0 Å². The van der Waals surface area contributed by atoms with Crippen molar-refractivity contribution >= 4 is 22.8 Å². The standard InChI is InChI=1S/C23H26N2O3/c1-3-4-13-28-23(27)21(25-22(26)17-11-9-16(2)10-12-17)14-18-15-24-20-8-6-5-7-19(18)20/h5-12,15,21,24H,3-4,13-14H2,1-2H3,(H,25,26)/t21-/m0/s1. The lowest BCUT2D eigenvalue weighted by Gasteiger charge is -2.18. The summed E-state index contributed by atoms with van der Waals surface area (Å²) >= 11 is 0. The fourth-order valence-corrected chi connectivity index (χ4v) is 3.08. The summed E-state index contributed by atoms with van der Waals surface area (Å²) in [6.45, 7) is 4.36. The highest BCUT2D eigenvalue weighted by atomic mass is 16.5. The van der Waals surface area contributed by atoms with Crippen LogP contribution >= 0.6 is 0 Å². The number of aromatic nitrogens is 1. The van der Waals surface area contributed by atoms with Crippen LogP contribution in [0.1, 0.15) is 41.3 Å². The second kappa shape index (κ2) is 9.22. The van der Waals surface area contributed by atoms with E-state index in [0.29, 0.717) is 18.6 Å². The van der Waals surface area contributed by atoms with Crippen LogP contribution in [0.3, 0.4) is 0 Å². The molecule has 0 spiro atoms. The molecule has 0 saturated carbocycles. The maximum Gasteiger partial charge on any atom is 0.328 e. The number of rotatable bonds is 8. The molecule has 28 heavy (non-hydrogen) atoms. The van der Waals surface area contributed by atoms with Gasteiger partial charge >= 0.3 is 5.97 Å². The number of hydrogen-bond acceptors (Lipinski definition) is 3. The van der Waals surface area contributed by atoms with Gasteiger partial charge in [-0.05, 0) is 37.1 Å². The van der Waals surface area contributed by atoms with Gasteiger partial charge in [0, 0.05) is 29.1 Å². The Morgan fingerprint density at radius 1 is 1.11 bits per heavy atom. The van der Waals surface area contributed by atoms with E-state index in [4.69, 9.17) is 4.74 Å². The summed E-state index contributed by atoms with van der Waals surface area (Å²) in [5.74, 6) is -0.684. The van der Waals surface area contributed by atoms with Gasteiger partial charge in [-0.1, -0.05) is 49.2 Å². The minimum atomic E-state index is -0.745. The van der Waals surface area contributed by atoms with Crippen LogP contribution in [0, 0.1) is 6.92 Å². The smallest absolute Gasteiger partial charge is 0.328 e. The zero-order valence-corrected chi connectivity index (χ0v) is 16.3. The highest BCUT2D eigenvalue weighted by molar-refractivity contribution is 5.97. The highest BCUT2D eigenvalue weighted by Gasteiger charge is 2.24. The van der Waals surface area contributed by atoms with Crippen LogP contribution in [0.2, 0.25) is 0 Å². The van der Waals surface area contributed by atoms with Crippen LogP contribution in [0.15, 0.2) is 54.7 Å². The summed E-state index contributed by atoms with van der Waals surface area (Å²) < 4.78 is 5.40. The number of aromatic amines is 1. The largest absolute Gasteiger partial charge is 0.464 e. The molecule has 146 valence electrons. The molecule has 1 heterocycles. The summed E-state index contributed by atoms with van der Waals surface area (Å²) in [5, 5.41) is 3.90. The van der Waals surface area contributed by atoms with Crippen LogP contribution in [-0.2, 0) is 16.0 Å². The SMILES string of the molecule is CCCCOC(=O)[C@H](Cc1c[nH]c2ccccc12)NC(=O)c1ccc(C)cc1. The molecule has 0 unspecified atom stereocenters.